The molecule has 0 saturated heterocycles. The van der Waals surface area contributed by atoms with Crippen LogP contribution in [-0.2, 0) is 14.9 Å². The molecule has 6 heteroatoms. The summed E-state index contributed by atoms with van der Waals surface area (Å²) >= 11 is 0. The van der Waals surface area contributed by atoms with Gasteiger partial charge in [-0.2, -0.15) is 0 Å². The molecule has 0 heterocycles. The van der Waals surface area contributed by atoms with Gasteiger partial charge in [0.2, 0.25) is 0 Å². The molecule has 5 nitrogen and oxygen atoms in total. The summed E-state index contributed by atoms with van der Waals surface area (Å²) in [6.45, 7) is 1.02. The molecule has 1 aromatic rings. The zero-order valence-corrected chi connectivity index (χ0v) is 10.2. The largest absolute Gasteiger partial charge is 0.748 e. The van der Waals surface area contributed by atoms with Crippen molar-refractivity contribution in [1.29, 1.82) is 0 Å². The summed E-state index contributed by atoms with van der Waals surface area (Å²) in [6, 6.07) is 9.31. The Kier molecular flexibility index (Phi) is 5.96. The van der Waals surface area contributed by atoms with Crippen molar-refractivity contribution in [2.45, 2.75) is 6.42 Å². The van der Waals surface area contributed by atoms with Crippen LogP contribution in [0.1, 0.15) is 6.42 Å². The van der Waals surface area contributed by atoms with Crippen molar-refractivity contribution in [1.82, 2.24) is 0 Å². The SMILES string of the molecule is O=S(=O)([O-])CCCOCCOc1ccccc1. The molecule has 0 amide bonds. The third kappa shape index (κ3) is 7.73. The van der Waals surface area contributed by atoms with E-state index in [9.17, 15) is 13.0 Å². The predicted octanol–water partition coefficient (Wildman–Crippen LogP) is 1.02. The van der Waals surface area contributed by atoms with Crippen LogP contribution >= 0.6 is 0 Å². The van der Waals surface area contributed by atoms with E-state index in [1.54, 1.807) is 0 Å². The molecule has 0 N–H and O–H groups in total. The van der Waals surface area contributed by atoms with Crippen molar-refractivity contribution in [2.75, 3.05) is 25.6 Å². The monoisotopic (exact) mass is 259 g/mol. The van der Waals surface area contributed by atoms with Gasteiger partial charge in [0.15, 0.2) is 0 Å². The van der Waals surface area contributed by atoms with Crippen LogP contribution in [0.25, 0.3) is 0 Å². The van der Waals surface area contributed by atoms with Crippen molar-refractivity contribution >= 4 is 10.1 Å². The smallest absolute Gasteiger partial charge is 0.119 e. The molecular weight excluding hydrogens is 244 g/mol. The molecule has 0 aliphatic carbocycles. The number of benzene rings is 1. The van der Waals surface area contributed by atoms with E-state index >= 15 is 0 Å². The summed E-state index contributed by atoms with van der Waals surface area (Å²) in [4.78, 5) is 0. The lowest BCUT2D eigenvalue weighted by atomic mass is 10.3. The normalized spacial score (nSPS) is 11.4. The highest BCUT2D eigenvalue weighted by Gasteiger charge is 1.96. The quantitative estimate of drug-likeness (QED) is 0.514. The van der Waals surface area contributed by atoms with Crippen LogP contribution < -0.4 is 4.74 Å². The first kappa shape index (κ1) is 14.0. The molecule has 1 rings (SSSR count). The van der Waals surface area contributed by atoms with Crippen molar-refractivity contribution in [2.24, 2.45) is 0 Å². The zero-order chi connectivity index (χ0) is 12.6. The van der Waals surface area contributed by atoms with E-state index in [4.69, 9.17) is 9.47 Å². The first-order chi connectivity index (χ1) is 8.08. The molecule has 0 fully saturated rings. The average molecular weight is 259 g/mol. The summed E-state index contributed by atoms with van der Waals surface area (Å²) in [7, 11) is -4.12. The summed E-state index contributed by atoms with van der Waals surface area (Å²) in [5, 5.41) is 0. The molecule has 0 aromatic heterocycles. The van der Waals surface area contributed by atoms with Gasteiger partial charge in [0.05, 0.1) is 16.7 Å². The van der Waals surface area contributed by atoms with E-state index in [0.717, 1.165) is 5.75 Å². The summed E-state index contributed by atoms with van der Waals surface area (Å²) < 4.78 is 41.3. The van der Waals surface area contributed by atoms with Crippen LogP contribution in [0.3, 0.4) is 0 Å². The highest BCUT2D eigenvalue weighted by Crippen LogP contribution is 2.07. The second-order valence-electron chi connectivity index (χ2n) is 3.39. The van der Waals surface area contributed by atoms with Crippen molar-refractivity contribution in [3.8, 4) is 5.75 Å². The van der Waals surface area contributed by atoms with Gasteiger partial charge in [-0.3, -0.25) is 0 Å². The fourth-order valence-electron chi connectivity index (χ4n) is 1.17. The van der Waals surface area contributed by atoms with E-state index < -0.39 is 10.1 Å². The first-order valence-electron chi connectivity index (χ1n) is 5.27. The van der Waals surface area contributed by atoms with Gasteiger partial charge in [0.1, 0.15) is 12.4 Å². The van der Waals surface area contributed by atoms with E-state index in [1.165, 1.54) is 0 Å². The Bertz CT molecular complexity index is 401. The number of rotatable bonds is 8. The molecule has 0 saturated carbocycles. The molecule has 0 bridgehead atoms. The van der Waals surface area contributed by atoms with Crippen molar-refractivity contribution < 1.29 is 22.4 Å². The highest BCUT2D eigenvalue weighted by atomic mass is 32.2. The highest BCUT2D eigenvalue weighted by molar-refractivity contribution is 7.85. The van der Waals surface area contributed by atoms with E-state index in [2.05, 4.69) is 0 Å². The van der Waals surface area contributed by atoms with Gasteiger partial charge in [-0.25, -0.2) is 8.42 Å². The van der Waals surface area contributed by atoms with Crippen LogP contribution in [0.4, 0.5) is 0 Å². The van der Waals surface area contributed by atoms with Gasteiger partial charge in [0, 0.05) is 12.4 Å². The molecule has 1 aromatic carbocycles. The van der Waals surface area contributed by atoms with Crippen molar-refractivity contribution in [3.05, 3.63) is 30.3 Å². The third-order valence-corrected chi connectivity index (χ3v) is 2.71. The number of hydrogen-bond acceptors (Lipinski definition) is 5. The van der Waals surface area contributed by atoms with Crippen LogP contribution in [0, 0.1) is 0 Å². The lowest BCUT2D eigenvalue weighted by Gasteiger charge is -2.08. The Morgan fingerprint density at radius 2 is 1.76 bits per heavy atom. The first-order valence-corrected chi connectivity index (χ1v) is 6.85. The van der Waals surface area contributed by atoms with Gasteiger partial charge in [-0.15, -0.1) is 0 Å². The molecule has 17 heavy (non-hydrogen) atoms. The standard InChI is InChI=1S/C11H16O5S/c12-17(13,14)10-4-7-15-8-9-16-11-5-2-1-3-6-11/h1-3,5-6H,4,7-10H2,(H,12,13,14)/p-1. The minimum absolute atomic E-state index is 0.219. The molecule has 0 aliphatic rings. The molecule has 0 unspecified atom stereocenters. The summed E-state index contributed by atoms with van der Waals surface area (Å²) in [5.74, 6) is 0.380. The summed E-state index contributed by atoms with van der Waals surface area (Å²) in [6.07, 6.45) is 0.219. The van der Waals surface area contributed by atoms with Crippen LogP contribution in [0.15, 0.2) is 30.3 Å². The Hall–Kier alpha value is -1.11. The fraction of sp³-hybridized carbons (Fsp3) is 0.455. The summed E-state index contributed by atoms with van der Waals surface area (Å²) in [5.41, 5.74) is 0. The minimum atomic E-state index is -4.12. The number of hydrogen-bond donors (Lipinski definition) is 0. The second kappa shape index (κ2) is 7.26. The number of ether oxygens (including phenoxy) is 2. The Morgan fingerprint density at radius 1 is 1.06 bits per heavy atom. The van der Waals surface area contributed by atoms with Gasteiger partial charge in [-0.1, -0.05) is 18.2 Å². The molecule has 96 valence electrons. The van der Waals surface area contributed by atoms with Crippen LogP contribution in [-0.4, -0.2) is 38.5 Å². The van der Waals surface area contributed by atoms with Gasteiger partial charge in [-0.05, 0) is 18.6 Å². The van der Waals surface area contributed by atoms with Crippen molar-refractivity contribution in [3.63, 3.8) is 0 Å². The van der Waals surface area contributed by atoms with Gasteiger partial charge < -0.3 is 14.0 Å². The van der Waals surface area contributed by atoms with Gasteiger partial charge >= 0.3 is 0 Å². The molecule has 0 radical (unpaired) electrons. The molecule has 0 atom stereocenters. The van der Waals surface area contributed by atoms with E-state index in [-0.39, 0.29) is 18.8 Å². The average Bonchev–Trinajstić information content (AvgIpc) is 2.28. The maximum absolute atomic E-state index is 10.3. The molecule has 0 spiro atoms. The van der Waals surface area contributed by atoms with Gasteiger partial charge in [0.25, 0.3) is 0 Å². The number of para-hydroxylation sites is 1. The second-order valence-corrected chi connectivity index (χ2v) is 4.91. The topological polar surface area (TPSA) is 75.7 Å². The van der Waals surface area contributed by atoms with Crippen LogP contribution in [0.2, 0.25) is 0 Å². The fourth-order valence-corrected chi connectivity index (χ4v) is 1.65. The zero-order valence-electron chi connectivity index (χ0n) is 9.37. The Morgan fingerprint density at radius 3 is 2.41 bits per heavy atom. The lowest BCUT2D eigenvalue weighted by Crippen LogP contribution is -2.11. The Labute approximate surface area is 101 Å². The third-order valence-electron chi connectivity index (χ3n) is 1.92. The molecule has 0 aliphatic heterocycles. The van der Waals surface area contributed by atoms with Crippen LogP contribution in [0.5, 0.6) is 5.75 Å². The minimum Gasteiger partial charge on any atom is -0.748 e. The predicted molar refractivity (Wildman–Crippen MR) is 61.9 cm³/mol. The maximum atomic E-state index is 10.3. The van der Waals surface area contributed by atoms with E-state index in [0.29, 0.717) is 13.2 Å². The van der Waals surface area contributed by atoms with E-state index in [1.807, 2.05) is 30.3 Å². The Balaban J connectivity index is 1.99. The lowest BCUT2D eigenvalue weighted by molar-refractivity contribution is 0.101. The maximum Gasteiger partial charge on any atom is 0.119 e. The molecular formula is C11H15O5S-.